The number of H-pyrrole nitrogens is 1. The van der Waals surface area contributed by atoms with E-state index in [2.05, 4.69) is 40.9 Å². The average molecular weight is 1270 g/mol. The number of methoxy groups -OCH3 is 1. The highest BCUT2D eigenvalue weighted by atomic mass is 32.2. The molecule has 0 spiro atoms. The Bertz CT molecular complexity index is 3610. The quantitative estimate of drug-likeness (QED) is 0.00896. The Hall–Kier alpha value is -9.82. The number of carboxylic acid groups (broad SMARTS) is 2. The zero-order valence-corrected chi connectivity index (χ0v) is 50.1. The minimum Gasteiger partial charge on any atom is -0.492 e. The zero-order valence-electron chi connectivity index (χ0n) is 49.3. The monoisotopic (exact) mass is 1270 g/mol. The number of nitrogen functional groups attached to an aromatic ring is 1. The van der Waals surface area contributed by atoms with Crippen molar-refractivity contribution in [3.05, 3.63) is 74.7 Å². The summed E-state index contributed by atoms with van der Waals surface area (Å²) < 4.78 is 10.5. The molecule has 3 aromatic rings. The third-order valence-electron chi connectivity index (χ3n) is 16.5. The SMILES string of the molecule is COC1=C(C)C(=O)C2=C(C1=O)[C@H](COC(N)=O)[C@]1(C)[C@H]3[C@@H](CN21)N3C(=O)CCCN1C(=O)CC(SC[C@@H](CC(=O)[C@@H](CC(=O)O)NC(=O)[C@@H](CCCN=C(N)N)CC(=O)CCCNC(=O)c2ccc(NCc3cnc4nc(N)[nH]c(=O)c4n3)cc2)C(=O)O)C1=O. The van der Waals surface area contributed by atoms with Crippen LogP contribution in [0.1, 0.15) is 94.1 Å². The first-order valence-electron chi connectivity index (χ1n) is 28.8. The number of thioether (sulfide) groups is 1. The van der Waals surface area contributed by atoms with Crippen molar-refractivity contribution >= 4 is 111 Å². The van der Waals surface area contributed by atoms with Crippen LogP contribution < -0.4 is 44.4 Å². The van der Waals surface area contributed by atoms with E-state index < -0.39 is 124 Å². The van der Waals surface area contributed by atoms with Crippen LogP contribution in [0.5, 0.6) is 0 Å². The predicted molar refractivity (Wildman–Crippen MR) is 318 cm³/mol. The molecule has 8 atom stereocenters. The first kappa shape index (κ1) is 66.1. The van der Waals surface area contributed by atoms with Gasteiger partial charge in [-0.15, -0.1) is 11.8 Å². The number of allylic oxidation sites excluding steroid dienone is 2. The number of ether oxygens (including phenoxy) is 2. The van der Waals surface area contributed by atoms with Gasteiger partial charge < -0.3 is 68.4 Å². The Morgan fingerprint density at radius 2 is 1.67 bits per heavy atom. The molecule has 6 heterocycles. The van der Waals surface area contributed by atoms with Crippen molar-refractivity contribution in [2.24, 2.45) is 39.9 Å². The first-order valence-corrected chi connectivity index (χ1v) is 29.8. The molecule has 6 amide bonds. The van der Waals surface area contributed by atoms with Crippen molar-refractivity contribution in [1.82, 2.24) is 45.3 Å². The van der Waals surface area contributed by atoms with Gasteiger partial charge in [0, 0.05) is 98.3 Å². The predicted octanol–water partition coefficient (Wildman–Crippen LogP) is -0.988. The van der Waals surface area contributed by atoms with Gasteiger partial charge in [0.1, 0.15) is 12.4 Å². The Kier molecular flexibility index (Phi) is 20.7. The highest BCUT2D eigenvalue weighted by Crippen LogP contribution is 2.59. The van der Waals surface area contributed by atoms with Crippen LogP contribution in [0.2, 0.25) is 0 Å². The topological polar surface area (TPSA) is 497 Å². The molecule has 33 heteroatoms. The number of carboxylic acids is 2. The van der Waals surface area contributed by atoms with Gasteiger partial charge in [-0.3, -0.25) is 72.4 Å². The second-order valence-corrected chi connectivity index (χ2v) is 23.7. The third kappa shape index (κ3) is 14.7. The number of carbonyl (C=O) groups is 12. The van der Waals surface area contributed by atoms with E-state index in [9.17, 15) is 72.5 Å². The number of aromatic amines is 1. The lowest BCUT2D eigenvalue weighted by atomic mass is 9.78. The van der Waals surface area contributed by atoms with Gasteiger partial charge in [-0.05, 0) is 63.8 Å². The smallest absolute Gasteiger partial charge is 0.404 e. The number of rotatable bonds is 32. The van der Waals surface area contributed by atoms with Crippen LogP contribution in [0.3, 0.4) is 0 Å². The van der Waals surface area contributed by atoms with Gasteiger partial charge in [0.15, 0.2) is 28.7 Å². The molecule has 2 aromatic heterocycles. The molecule has 0 saturated carbocycles. The summed E-state index contributed by atoms with van der Waals surface area (Å²) in [6, 6.07) is 3.83. The number of amides is 6. The van der Waals surface area contributed by atoms with Crippen molar-refractivity contribution < 1.29 is 77.2 Å². The molecule has 14 N–H and O–H groups in total. The fourth-order valence-electron chi connectivity index (χ4n) is 12.0. The van der Waals surface area contributed by atoms with E-state index in [4.69, 9.17) is 32.4 Å². The number of benzene rings is 1. The number of aromatic nitrogens is 4. The van der Waals surface area contributed by atoms with Crippen molar-refractivity contribution in [2.45, 2.75) is 114 Å². The lowest BCUT2D eigenvalue weighted by molar-refractivity contribution is -0.144. The van der Waals surface area contributed by atoms with Crippen molar-refractivity contribution in [3.63, 3.8) is 0 Å². The van der Waals surface area contributed by atoms with E-state index >= 15 is 0 Å². The number of carbonyl (C=O) groups excluding carboxylic acids is 10. The minimum atomic E-state index is -1.74. The van der Waals surface area contributed by atoms with E-state index in [0.29, 0.717) is 16.9 Å². The number of hydrogen-bond acceptors (Lipinski definition) is 23. The molecule has 5 aliphatic rings. The molecule has 3 saturated heterocycles. The number of hydrogen-bond donors (Lipinski definition) is 10. The Balaban J connectivity index is 0.790. The summed E-state index contributed by atoms with van der Waals surface area (Å²) in [5.74, 6) is -12.5. The number of imide groups is 1. The number of aliphatic carboxylic acids is 2. The van der Waals surface area contributed by atoms with Crippen LogP contribution in [0, 0.1) is 17.8 Å². The molecule has 8 rings (SSSR count). The number of nitrogens with zero attached hydrogens (tertiary/aromatic N) is 7. The van der Waals surface area contributed by atoms with Crippen LogP contribution in [-0.2, 0) is 64.0 Å². The summed E-state index contributed by atoms with van der Waals surface area (Å²) in [6.45, 7) is 3.26. The van der Waals surface area contributed by atoms with Crippen LogP contribution in [0.25, 0.3) is 11.2 Å². The number of guanidine groups is 1. The largest absolute Gasteiger partial charge is 0.492 e. The average Bonchev–Trinajstić information content (AvgIpc) is 1.49. The van der Waals surface area contributed by atoms with Gasteiger partial charge in [0.2, 0.25) is 41.1 Å². The highest BCUT2D eigenvalue weighted by molar-refractivity contribution is 8.00. The fourth-order valence-corrected chi connectivity index (χ4v) is 13.3. The molecule has 3 fully saturated rings. The van der Waals surface area contributed by atoms with Crippen molar-refractivity contribution in [3.8, 4) is 0 Å². The van der Waals surface area contributed by atoms with E-state index in [-0.39, 0.29) is 154 Å². The molecular formula is C57H69N15O17S. The molecule has 1 aliphatic carbocycles. The lowest BCUT2D eigenvalue weighted by Gasteiger charge is -2.39. The molecule has 4 aliphatic heterocycles. The summed E-state index contributed by atoms with van der Waals surface area (Å²) in [5, 5.41) is 27.2. The number of nitrogens with two attached hydrogens (primary N) is 4. The maximum Gasteiger partial charge on any atom is 0.404 e. The molecule has 0 radical (unpaired) electrons. The van der Waals surface area contributed by atoms with Crippen molar-refractivity contribution in [1.29, 1.82) is 0 Å². The molecule has 480 valence electrons. The van der Waals surface area contributed by atoms with Crippen LogP contribution in [0.15, 0.2) is 62.9 Å². The first-order chi connectivity index (χ1) is 42.7. The maximum atomic E-state index is 13.9. The van der Waals surface area contributed by atoms with Crippen LogP contribution in [-0.4, -0.2) is 196 Å². The molecular weight excluding hydrogens is 1200 g/mol. The number of likely N-dealkylation sites (tertiary alicyclic amines) is 1. The van der Waals surface area contributed by atoms with Crippen molar-refractivity contribution in [2.75, 3.05) is 56.7 Å². The van der Waals surface area contributed by atoms with E-state index in [0.717, 1.165) is 16.7 Å². The standard InChI is InChI=1S/C57H69N15O17S/c1-26-44(79)43-41(45(80)46(26)88-3)33(24-89-56(61)87)57(2)47-35(23-71(43)57)72(47)38(75)9-6-16-70-39(76)20-37(52(70)84)90-25-29(53(85)86)18-36(74)34(19-40(77)78)67-50(82)28(7-4-15-63-54(58)59)17-32(73)8-5-14-62-49(81)27-10-12-30(13-11-27)64-21-31-22-65-48-42(66-31)51(83)69-55(60)68-48/h10-13,22,28-29,33-35,37,47,64H,4-9,14-21,23-25H2,1-3H3,(H2,61,87)(H,62,81)(H,67,82)(H,77,78)(H,85,86)(H4,58,59,63)(H3,60,65,68,69,83)/t28-,29+,33-,34+,35+,37?,47+,57+,72?/m0/s1. The number of nitrogens with one attached hydrogen (secondary N) is 4. The summed E-state index contributed by atoms with van der Waals surface area (Å²) in [6.07, 6.45) is -1.83. The van der Waals surface area contributed by atoms with E-state index in [1.54, 1.807) is 41.0 Å². The summed E-state index contributed by atoms with van der Waals surface area (Å²) in [4.78, 5) is 193. The molecule has 1 aromatic carbocycles. The van der Waals surface area contributed by atoms with Gasteiger partial charge in [-0.2, -0.15) is 4.98 Å². The number of primary amides is 1. The van der Waals surface area contributed by atoms with Crippen LogP contribution in [0.4, 0.5) is 16.4 Å². The number of aliphatic imine (C=N–C) groups is 1. The van der Waals surface area contributed by atoms with Gasteiger partial charge in [-0.1, -0.05) is 0 Å². The molecule has 32 nitrogen and oxygen atoms in total. The summed E-state index contributed by atoms with van der Waals surface area (Å²) in [7, 11) is 1.26. The van der Waals surface area contributed by atoms with Gasteiger partial charge in [0.25, 0.3) is 11.5 Å². The number of anilines is 2. The molecule has 0 bridgehead atoms. The van der Waals surface area contributed by atoms with E-state index in [1.165, 1.54) is 20.2 Å². The third-order valence-corrected chi connectivity index (χ3v) is 17.9. The minimum absolute atomic E-state index is 0.0133. The van der Waals surface area contributed by atoms with Gasteiger partial charge >= 0.3 is 18.0 Å². The Morgan fingerprint density at radius 3 is 2.34 bits per heavy atom. The van der Waals surface area contributed by atoms with E-state index in [1.807, 2.05) is 0 Å². The normalized spacial score (nSPS) is 20.9. The maximum absolute atomic E-state index is 13.9. The number of ketones is 4. The van der Waals surface area contributed by atoms with Gasteiger partial charge in [-0.25, -0.2) is 14.8 Å². The zero-order chi connectivity index (χ0) is 65.5. The Morgan fingerprint density at radius 1 is 0.933 bits per heavy atom. The second kappa shape index (κ2) is 28.1. The second-order valence-electron chi connectivity index (χ2n) is 22.5. The number of Topliss-reactive ketones (excluding diaryl/α,β-unsaturated/α-hetero) is 4. The fraction of sp³-hybridized carbons (Fsp3) is 0.491. The van der Waals surface area contributed by atoms with Gasteiger partial charge in [0.05, 0.1) is 72.5 Å². The lowest BCUT2D eigenvalue weighted by Crippen LogP contribution is -2.52. The molecule has 90 heavy (non-hydrogen) atoms. The Labute approximate surface area is 516 Å². The van der Waals surface area contributed by atoms with Crippen LogP contribution >= 0.6 is 11.8 Å². The summed E-state index contributed by atoms with van der Waals surface area (Å²) in [5.41, 5.74) is 22.1. The highest BCUT2D eigenvalue weighted by Gasteiger charge is 2.74. The molecule has 1 unspecified atom stereocenters. The number of fused-ring (bicyclic) bond motifs is 5. The summed E-state index contributed by atoms with van der Waals surface area (Å²) >= 11 is 0.807. The number of piperazine rings is 1.